The molecule has 1 aromatic heterocycles. The van der Waals surface area contributed by atoms with Gasteiger partial charge in [-0.2, -0.15) is 0 Å². The molecule has 1 atom stereocenters. The fourth-order valence-electron chi connectivity index (χ4n) is 2.73. The van der Waals surface area contributed by atoms with Gasteiger partial charge in [0.25, 0.3) is 0 Å². The van der Waals surface area contributed by atoms with Crippen molar-refractivity contribution in [3.05, 3.63) is 21.5 Å². The van der Waals surface area contributed by atoms with Gasteiger partial charge in [-0.1, -0.05) is 18.2 Å². The summed E-state index contributed by atoms with van der Waals surface area (Å²) in [4.78, 5) is 19.1. The number of carbonyl (C=O) groups excluding carboxylic acids is 1. The zero-order chi connectivity index (χ0) is 14.9. The zero-order valence-electron chi connectivity index (χ0n) is 11.9. The van der Waals surface area contributed by atoms with Gasteiger partial charge < -0.3 is 11.1 Å². The summed E-state index contributed by atoms with van der Waals surface area (Å²) >= 11 is 3.15. The Morgan fingerprint density at radius 1 is 1.48 bits per heavy atom. The topological polar surface area (TPSA) is 83.3 Å². The highest BCUT2D eigenvalue weighted by molar-refractivity contribution is 8.03. The molecule has 8 heteroatoms. The molecule has 2 aliphatic rings. The van der Waals surface area contributed by atoms with Gasteiger partial charge in [0.1, 0.15) is 0 Å². The molecule has 1 aromatic rings. The van der Waals surface area contributed by atoms with Gasteiger partial charge in [0.2, 0.25) is 5.12 Å². The number of nitrogens with zero attached hydrogens (tertiary/aromatic N) is 2. The smallest absolute Gasteiger partial charge is 0.315 e. The summed E-state index contributed by atoms with van der Waals surface area (Å²) in [6, 6.07) is -0.517. The number of aryl methyl sites for hydroxylation is 1. The largest absolute Gasteiger partial charge is 0.352 e. The lowest BCUT2D eigenvalue weighted by atomic mass is 10.1. The Hall–Kier alpha value is -1.25. The number of nitrogens with one attached hydrogen (secondary N) is 2. The van der Waals surface area contributed by atoms with Crippen molar-refractivity contribution in [3.63, 3.8) is 0 Å². The van der Waals surface area contributed by atoms with Crippen LogP contribution in [0.4, 0.5) is 4.79 Å². The molecule has 2 aliphatic heterocycles. The lowest BCUT2D eigenvalue weighted by Gasteiger charge is -2.42. The molecule has 0 spiro atoms. The lowest BCUT2D eigenvalue weighted by molar-refractivity contribution is 0.105. The van der Waals surface area contributed by atoms with Crippen molar-refractivity contribution in [2.45, 2.75) is 31.3 Å². The molecular formula is C13H19N5OS2. The van der Waals surface area contributed by atoms with E-state index in [9.17, 15) is 4.79 Å². The van der Waals surface area contributed by atoms with Crippen LogP contribution in [-0.2, 0) is 0 Å². The summed E-state index contributed by atoms with van der Waals surface area (Å²) in [5.74, 6) is 0. The van der Waals surface area contributed by atoms with Gasteiger partial charge in [0.15, 0.2) is 0 Å². The number of aromatic nitrogens is 1. The number of thiazole rings is 1. The monoisotopic (exact) mass is 325 g/mol. The Kier molecular flexibility index (Phi) is 4.10. The highest BCUT2D eigenvalue weighted by atomic mass is 32.2. The minimum Gasteiger partial charge on any atom is -0.352 e. The molecule has 21 heavy (non-hydrogen) atoms. The number of nitrogens with two attached hydrogens (primary N) is 1. The number of primary amides is 1. The molecule has 1 unspecified atom stereocenters. The van der Waals surface area contributed by atoms with Crippen LogP contribution in [-0.4, -0.2) is 34.1 Å². The third-order valence-electron chi connectivity index (χ3n) is 3.74. The Balaban J connectivity index is 1.83. The van der Waals surface area contributed by atoms with Gasteiger partial charge in [-0.05, 0) is 19.8 Å². The van der Waals surface area contributed by atoms with E-state index in [4.69, 9.17) is 5.73 Å². The summed E-state index contributed by atoms with van der Waals surface area (Å²) in [7, 11) is 0. The Labute approximate surface area is 132 Å². The predicted molar refractivity (Wildman–Crippen MR) is 86.4 cm³/mol. The van der Waals surface area contributed by atoms with Crippen molar-refractivity contribution in [1.82, 2.24) is 20.5 Å². The number of hydrogen-bond donors (Lipinski definition) is 3. The highest BCUT2D eigenvalue weighted by Crippen LogP contribution is 2.39. The van der Waals surface area contributed by atoms with E-state index in [-0.39, 0.29) is 0 Å². The van der Waals surface area contributed by atoms with Crippen LogP contribution in [0.2, 0.25) is 0 Å². The van der Waals surface area contributed by atoms with Crippen LogP contribution >= 0.6 is 23.1 Å². The Morgan fingerprint density at radius 3 is 2.86 bits per heavy atom. The summed E-state index contributed by atoms with van der Waals surface area (Å²) in [5, 5.41) is 7.72. The van der Waals surface area contributed by atoms with Crippen molar-refractivity contribution in [2.24, 2.45) is 5.73 Å². The second-order valence-electron chi connectivity index (χ2n) is 5.22. The van der Waals surface area contributed by atoms with E-state index in [1.54, 1.807) is 23.1 Å². The maximum atomic E-state index is 11.5. The van der Waals surface area contributed by atoms with Crippen LogP contribution in [0.15, 0.2) is 10.9 Å². The fraction of sp³-hybridized carbons (Fsp3) is 0.538. The second-order valence-corrected chi connectivity index (χ2v) is 7.14. The highest BCUT2D eigenvalue weighted by Gasteiger charge is 2.43. The zero-order valence-corrected chi connectivity index (χ0v) is 13.5. The number of likely N-dealkylation sites (tertiary alicyclic amines) is 1. The van der Waals surface area contributed by atoms with Gasteiger partial charge in [-0.25, -0.2) is 9.78 Å². The van der Waals surface area contributed by atoms with E-state index < -0.39 is 11.1 Å². The molecule has 0 bridgehead atoms. The fourth-order valence-corrected chi connectivity index (χ4v) is 4.70. The van der Waals surface area contributed by atoms with Gasteiger partial charge in [-0.3, -0.25) is 10.2 Å². The van der Waals surface area contributed by atoms with E-state index in [1.165, 1.54) is 6.42 Å². The molecule has 2 amide bonds. The summed E-state index contributed by atoms with van der Waals surface area (Å²) in [6.07, 6.45) is 3.51. The third kappa shape index (κ3) is 2.88. The number of rotatable bonds is 3. The van der Waals surface area contributed by atoms with Crippen LogP contribution in [0, 0.1) is 6.92 Å². The molecule has 6 nitrogen and oxygen atoms in total. The summed E-state index contributed by atoms with van der Waals surface area (Å²) in [6.45, 7) is 3.88. The van der Waals surface area contributed by atoms with Crippen LogP contribution in [0.1, 0.15) is 29.8 Å². The summed E-state index contributed by atoms with van der Waals surface area (Å²) < 4.78 is 0. The number of carbonyl (C=O) groups is 1. The first-order valence-electron chi connectivity index (χ1n) is 7.00. The van der Waals surface area contributed by atoms with E-state index in [0.29, 0.717) is 0 Å². The molecule has 0 aromatic carbocycles. The maximum Gasteiger partial charge on any atom is 0.315 e. The number of urea groups is 1. The second kappa shape index (κ2) is 5.86. The van der Waals surface area contributed by atoms with Crippen molar-refractivity contribution in [3.8, 4) is 0 Å². The average molecular weight is 325 g/mol. The number of piperidine rings is 1. The van der Waals surface area contributed by atoms with E-state index in [0.717, 1.165) is 42.2 Å². The molecule has 0 aliphatic carbocycles. The molecule has 1 fully saturated rings. The first-order chi connectivity index (χ1) is 10.1. The molecule has 4 N–H and O–H groups in total. The van der Waals surface area contributed by atoms with Gasteiger partial charge >= 0.3 is 6.03 Å². The molecule has 0 saturated carbocycles. The van der Waals surface area contributed by atoms with Crippen LogP contribution < -0.4 is 16.4 Å². The van der Waals surface area contributed by atoms with E-state index >= 15 is 0 Å². The quantitative estimate of drug-likeness (QED) is 0.790. The van der Waals surface area contributed by atoms with Crippen LogP contribution in [0.3, 0.4) is 0 Å². The van der Waals surface area contributed by atoms with Crippen molar-refractivity contribution in [1.29, 1.82) is 0 Å². The molecule has 3 rings (SSSR count). The van der Waals surface area contributed by atoms with Crippen molar-refractivity contribution in [2.75, 3.05) is 13.1 Å². The average Bonchev–Trinajstić information content (AvgIpc) is 3.06. The number of hydrogen-bond acceptors (Lipinski definition) is 6. The molecule has 114 valence electrons. The first-order valence-corrected chi connectivity index (χ1v) is 8.76. The normalized spacial score (nSPS) is 26.2. The number of thioether (sulfide) groups is 1. The van der Waals surface area contributed by atoms with Crippen LogP contribution in [0.25, 0.3) is 5.70 Å². The third-order valence-corrected chi connectivity index (χ3v) is 5.85. The van der Waals surface area contributed by atoms with Crippen molar-refractivity contribution < 1.29 is 4.79 Å². The minimum absolute atomic E-state index is 0.517. The molecular weight excluding hydrogens is 306 g/mol. The van der Waals surface area contributed by atoms with E-state index in [2.05, 4.69) is 20.5 Å². The van der Waals surface area contributed by atoms with Crippen LogP contribution in [0.5, 0.6) is 0 Å². The minimum atomic E-state index is -0.669. The number of amides is 2. The first kappa shape index (κ1) is 14.7. The van der Waals surface area contributed by atoms with Gasteiger partial charge in [0.05, 0.1) is 21.8 Å². The van der Waals surface area contributed by atoms with Gasteiger partial charge in [0, 0.05) is 18.5 Å². The van der Waals surface area contributed by atoms with E-state index in [1.807, 2.05) is 17.8 Å². The molecule has 0 radical (unpaired) electrons. The standard InChI is InChI=1S/C13H19N5OS2/c1-9-11(20-8-15-9)10-7-21-13(16-10,17-12(14)19)18-5-3-2-4-6-18/h7-8,16H,2-6H2,1H3,(H3,14,17,19). The predicted octanol–water partition coefficient (Wildman–Crippen LogP) is 1.85. The van der Waals surface area contributed by atoms with Crippen molar-refractivity contribution >= 4 is 34.8 Å². The molecule has 1 saturated heterocycles. The summed E-state index contributed by atoms with van der Waals surface area (Å²) in [5.41, 5.74) is 9.22. The SMILES string of the molecule is Cc1ncsc1C1=CSC(NC(N)=O)(N2CCCCC2)N1. The lowest BCUT2D eigenvalue weighted by Crippen LogP contribution is -2.66. The maximum absolute atomic E-state index is 11.5. The Bertz CT molecular complexity index is 567. The molecule has 3 heterocycles. The Morgan fingerprint density at radius 2 is 2.24 bits per heavy atom. The van der Waals surface area contributed by atoms with Gasteiger partial charge in [-0.15, -0.1) is 11.3 Å².